The van der Waals surface area contributed by atoms with Gasteiger partial charge in [0.25, 0.3) is 20.2 Å². The fourth-order valence-corrected chi connectivity index (χ4v) is 4.24. The van der Waals surface area contributed by atoms with E-state index in [9.17, 15) is 16.8 Å². The molecule has 1 atom stereocenters. The molecule has 0 aromatic heterocycles. The predicted molar refractivity (Wildman–Crippen MR) is 101 cm³/mol. The summed E-state index contributed by atoms with van der Waals surface area (Å²) < 4.78 is 57.3. The Morgan fingerprint density at radius 3 is 2.00 bits per heavy atom. The van der Waals surface area contributed by atoms with Crippen LogP contribution < -0.4 is 0 Å². The summed E-state index contributed by atoms with van der Waals surface area (Å²) in [7, 11) is -7.56. The van der Waals surface area contributed by atoms with Gasteiger partial charge in [-0.3, -0.25) is 14.1 Å². The van der Waals surface area contributed by atoms with Crippen LogP contribution in [0.3, 0.4) is 0 Å². The first kappa shape index (κ1) is 23.3. The van der Waals surface area contributed by atoms with Gasteiger partial charge >= 0.3 is 0 Å². The quantitative estimate of drug-likeness (QED) is 0.261. The summed E-state index contributed by atoms with van der Waals surface area (Å²) in [4.78, 5) is 0. The summed E-state index contributed by atoms with van der Waals surface area (Å²) in [6, 6.07) is 0. The van der Waals surface area contributed by atoms with Crippen molar-refractivity contribution in [2.45, 2.75) is 30.9 Å². The highest BCUT2D eigenvalue weighted by molar-refractivity contribution is 8.21. The van der Waals surface area contributed by atoms with Crippen LogP contribution in [-0.2, 0) is 20.2 Å². The van der Waals surface area contributed by atoms with E-state index in [-0.39, 0.29) is 16.2 Å². The van der Waals surface area contributed by atoms with Crippen molar-refractivity contribution in [3.8, 4) is 0 Å². The van der Waals surface area contributed by atoms with Crippen LogP contribution in [0.5, 0.6) is 0 Å². The zero-order valence-electron chi connectivity index (χ0n) is 12.6. The van der Waals surface area contributed by atoms with E-state index in [1.165, 1.54) is 0 Å². The number of thiol groups is 2. The lowest BCUT2D eigenvalue weighted by Gasteiger charge is -2.17. The first-order valence-corrected chi connectivity index (χ1v) is 11.9. The van der Waals surface area contributed by atoms with Gasteiger partial charge in [-0.1, -0.05) is 11.8 Å². The molecule has 8 nitrogen and oxygen atoms in total. The van der Waals surface area contributed by atoms with E-state index in [4.69, 9.17) is 9.11 Å². The Hall–Kier alpha value is 0.340. The third-order valence-corrected chi connectivity index (χ3v) is 5.79. The first-order valence-electron chi connectivity index (χ1n) is 6.62. The summed E-state index contributed by atoms with van der Waals surface area (Å²) in [5.74, 6) is 0.115. The van der Waals surface area contributed by atoms with Gasteiger partial charge in [0, 0.05) is 6.54 Å². The van der Waals surface area contributed by atoms with Crippen molar-refractivity contribution in [3.63, 3.8) is 0 Å². The third-order valence-electron chi connectivity index (χ3n) is 2.40. The van der Waals surface area contributed by atoms with Gasteiger partial charge in [-0.2, -0.15) is 34.6 Å². The minimum absolute atomic E-state index is 0.0238. The molecule has 2 N–H and O–H groups in total. The van der Waals surface area contributed by atoms with Crippen molar-refractivity contribution in [2.24, 2.45) is 5.10 Å². The predicted octanol–water partition coefficient (Wildman–Crippen LogP) is 1.44. The Labute approximate surface area is 152 Å². The van der Waals surface area contributed by atoms with Crippen LogP contribution in [0.2, 0.25) is 0 Å². The van der Waals surface area contributed by atoms with Crippen LogP contribution in [0.1, 0.15) is 26.2 Å². The molecule has 0 aromatic carbocycles. The molecule has 0 fully saturated rings. The van der Waals surface area contributed by atoms with Crippen molar-refractivity contribution >= 4 is 62.3 Å². The lowest BCUT2D eigenvalue weighted by molar-refractivity contribution is 0.323. The van der Waals surface area contributed by atoms with Gasteiger partial charge < -0.3 is 0 Å². The van der Waals surface area contributed by atoms with Gasteiger partial charge in [0.05, 0.1) is 16.5 Å². The smallest absolute Gasteiger partial charge is 0.264 e. The van der Waals surface area contributed by atoms with Crippen molar-refractivity contribution in [2.75, 3.05) is 23.8 Å². The first-order chi connectivity index (χ1) is 10.4. The number of rotatable bonds is 8. The highest BCUT2D eigenvalue weighted by Crippen LogP contribution is 2.28. The highest BCUT2D eigenvalue weighted by atomic mass is 32.2. The summed E-state index contributed by atoms with van der Waals surface area (Å²) in [5, 5.41) is 7.00. The molecule has 138 valence electrons. The fraction of sp³-hybridized carbons (Fsp3) is 0.900. The normalized spacial score (nSPS) is 18.4. The van der Waals surface area contributed by atoms with Crippen LogP contribution in [0, 0.1) is 0 Å². The van der Waals surface area contributed by atoms with Crippen LogP contribution in [0.4, 0.5) is 0 Å². The molecular weight excluding hydrogens is 404 g/mol. The van der Waals surface area contributed by atoms with Crippen LogP contribution in [-0.4, -0.2) is 64.5 Å². The lowest BCUT2D eigenvalue weighted by Crippen LogP contribution is -2.21. The maximum atomic E-state index is 10.4. The van der Waals surface area contributed by atoms with E-state index in [0.29, 0.717) is 31.6 Å². The Kier molecular flexibility index (Phi) is 11.2. The zero-order chi connectivity index (χ0) is 18.1. The number of thioether (sulfide) groups is 1. The number of unbranched alkanes of at least 4 members (excludes halogenated alkanes) is 1. The molecule has 13 heteroatoms. The van der Waals surface area contributed by atoms with E-state index in [1.54, 1.807) is 11.8 Å². The SMILES string of the molecule is CC1=NN(CCCCS(=O)(=O)O)C(S)S1.O=S(=O)(O)CCCS. The van der Waals surface area contributed by atoms with Crippen LogP contribution in [0.15, 0.2) is 5.10 Å². The molecular formula is C10H22N2O6S5. The number of hydrazone groups is 1. The monoisotopic (exact) mass is 426 g/mol. The minimum atomic E-state index is -3.82. The second-order valence-electron chi connectivity index (χ2n) is 4.58. The number of hydrogen-bond acceptors (Lipinski definition) is 9. The molecule has 0 saturated carbocycles. The van der Waals surface area contributed by atoms with Crippen molar-refractivity contribution < 1.29 is 25.9 Å². The average Bonchev–Trinajstić information content (AvgIpc) is 2.69. The third kappa shape index (κ3) is 14.4. The van der Waals surface area contributed by atoms with E-state index < -0.39 is 20.2 Å². The molecule has 1 heterocycles. The van der Waals surface area contributed by atoms with Gasteiger partial charge in [0.2, 0.25) is 0 Å². The molecule has 0 radical (unpaired) electrons. The summed E-state index contributed by atoms with van der Waals surface area (Å²) >= 11 is 9.63. The molecule has 1 rings (SSSR count). The highest BCUT2D eigenvalue weighted by Gasteiger charge is 2.20. The maximum Gasteiger partial charge on any atom is 0.264 e. The Bertz CT molecular complexity index is 577. The molecule has 0 aromatic rings. The van der Waals surface area contributed by atoms with Crippen LogP contribution in [0.25, 0.3) is 0 Å². The zero-order valence-corrected chi connectivity index (χ0v) is 16.8. The molecule has 1 aliphatic heterocycles. The fourth-order valence-electron chi connectivity index (χ4n) is 1.43. The standard InChI is InChI=1S/C7H14N2O3S3.C3H8O3S2/c1-6-8-9(7(13)14-6)4-2-3-5-15(10,11)12;4-8(5,6)3-1-2-7/h7,13H,2-5H2,1H3,(H,10,11,12);7H,1-3H2,(H,4,5,6). The Morgan fingerprint density at radius 1 is 1.13 bits per heavy atom. The summed E-state index contributed by atoms with van der Waals surface area (Å²) in [6.45, 7) is 2.57. The summed E-state index contributed by atoms with van der Waals surface area (Å²) in [6.07, 6.45) is 1.52. The summed E-state index contributed by atoms with van der Waals surface area (Å²) in [5.41, 5.74) is 0. The Balaban J connectivity index is 0.000000515. The lowest BCUT2D eigenvalue weighted by atomic mass is 10.3. The van der Waals surface area contributed by atoms with Crippen molar-refractivity contribution in [1.82, 2.24) is 5.01 Å². The van der Waals surface area contributed by atoms with E-state index in [2.05, 4.69) is 30.4 Å². The molecule has 1 aliphatic rings. The van der Waals surface area contributed by atoms with Gasteiger partial charge in [-0.25, -0.2) is 0 Å². The van der Waals surface area contributed by atoms with Crippen LogP contribution >= 0.6 is 37.0 Å². The largest absolute Gasteiger partial charge is 0.286 e. The second kappa shape index (κ2) is 11.1. The van der Waals surface area contributed by atoms with Gasteiger partial charge in [-0.05, 0) is 31.9 Å². The molecule has 0 spiro atoms. The number of hydrogen-bond donors (Lipinski definition) is 4. The van der Waals surface area contributed by atoms with Gasteiger partial charge in [0.1, 0.15) is 4.71 Å². The van der Waals surface area contributed by atoms with Crippen molar-refractivity contribution in [1.29, 1.82) is 0 Å². The molecule has 0 aliphatic carbocycles. The second-order valence-corrected chi connectivity index (χ2v) is 10.3. The Morgan fingerprint density at radius 2 is 1.65 bits per heavy atom. The number of nitrogens with zero attached hydrogens (tertiary/aromatic N) is 2. The maximum absolute atomic E-state index is 10.4. The molecule has 23 heavy (non-hydrogen) atoms. The minimum Gasteiger partial charge on any atom is -0.286 e. The molecule has 1 unspecified atom stereocenters. The van der Waals surface area contributed by atoms with E-state index >= 15 is 0 Å². The van der Waals surface area contributed by atoms with E-state index in [1.807, 2.05) is 11.9 Å². The van der Waals surface area contributed by atoms with Crippen molar-refractivity contribution in [3.05, 3.63) is 0 Å². The topological polar surface area (TPSA) is 124 Å². The van der Waals surface area contributed by atoms with Gasteiger partial charge in [0.15, 0.2) is 0 Å². The van der Waals surface area contributed by atoms with Gasteiger partial charge in [-0.15, -0.1) is 12.6 Å². The van der Waals surface area contributed by atoms with E-state index in [0.717, 1.165) is 5.04 Å². The molecule has 0 bridgehead atoms. The molecule has 0 amide bonds. The molecule has 0 saturated heterocycles. The average molecular weight is 427 g/mol.